The topological polar surface area (TPSA) is 26.3 Å². The molecule has 0 aromatic heterocycles. The molecule has 0 saturated carbocycles. The molecule has 0 heterocycles. The molecular weight excluding hydrogens is 236 g/mol. The van der Waals surface area contributed by atoms with Gasteiger partial charge in [0.25, 0.3) is 0 Å². The predicted molar refractivity (Wildman–Crippen MR) is 76.1 cm³/mol. The highest BCUT2D eigenvalue weighted by molar-refractivity contribution is 5.89. The third-order valence-corrected chi connectivity index (χ3v) is 2.95. The van der Waals surface area contributed by atoms with Crippen LogP contribution in [0.1, 0.15) is 28.8 Å². The Kier molecular flexibility index (Phi) is 5.17. The van der Waals surface area contributed by atoms with Gasteiger partial charge in [0, 0.05) is 0 Å². The lowest BCUT2D eigenvalue weighted by atomic mass is 10.1. The summed E-state index contributed by atoms with van der Waals surface area (Å²) in [5.74, 6) is -0.236. The summed E-state index contributed by atoms with van der Waals surface area (Å²) in [7, 11) is 0. The van der Waals surface area contributed by atoms with Crippen LogP contribution in [0.15, 0.2) is 60.7 Å². The van der Waals surface area contributed by atoms with Crippen molar-refractivity contribution in [2.45, 2.75) is 19.3 Å². The molecule has 0 aliphatic carbocycles. The van der Waals surface area contributed by atoms with Gasteiger partial charge in [-0.25, -0.2) is 4.79 Å². The van der Waals surface area contributed by atoms with Gasteiger partial charge < -0.3 is 4.74 Å². The molecule has 0 spiro atoms. The van der Waals surface area contributed by atoms with Crippen molar-refractivity contribution >= 4 is 5.97 Å². The van der Waals surface area contributed by atoms with E-state index in [0.29, 0.717) is 12.2 Å². The zero-order chi connectivity index (χ0) is 13.3. The number of rotatable bonds is 6. The van der Waals surface area contributed by atoms with Gasteiger partial charge in [-0.3, -0.25) is 0 Å². The minimum Gasteiger partial charge on any atom is -0.462 e. The van der Waals surface area contributed by atoms with E-state index in [1.807, 2.05) is 36.4 Å². The molecule has 0 unspecified atom stereocenters. The van der Waals surface area contributed by atoms with Gasteiger partial charge in [0.1, 0.15) is 0 Å². The molecule has 0 amide bonds. The zero-order valence-electron chi connectivity index (χ0n) is 10.9. The Morgan fingerprint density at radius 1 is 0.842 bits per heavy atom. The summed E-state index contributed by atoms with van der Waals surface area (Å²) in [5, 5.41) is 0. The maximum Gasteiger partial charge on any atom is 0.338 e. The van der Waals surface area contributed by atoms with Crippen molar-refractivity contribution in [3.05, 3.63) is 71.8 Å². The van der Waals surface area contributed by atoms with Crippen molar-refractivity contribution in [2.24, 2.45) is 0 Å². The molecule has 0 aliphatic rings. The Morgan fingerprint density at radius 3 is 2.16 bits per heavy atom. The van der Waals surface area contributed by atoms with Crippen LogP contribution in [0.3, 0.4) is 0 Å². The number of hydrogen-bond acceptors (Lipinski definition) is 2. The highest BCUT2D eigenvalue weighted by Gasteiger charge is 2.04. The average Bonchev–Trinajstić information content (AvgIpc) is 2.49. The van der Waals surface area contributed by atoms with Crippen LogP contribution in [0.4, 0.5) is 0 Å². The first kappa shape index (κ1) is 13.3. The molecule has 2 nitrogen and oxygen atoms in total. The van der Waals surface area contributed by atoms with Crippen LogP contribution >= 0.6 is 0 Å². The monoisotopic (exact) mass is 254 g/mol. The number of benzene rings is 2. The minimum absolute atomic E-state index is 0.236. The van der Waals surface area contributed by atoms with Gasteiger partial charge in [-0.1, -0.05) is 48.5 Å². The number of carbonyl (C=O) groups is 1. The summed E-state index contributed by atoms with van der Waals surface area (Å²) in [6.45, 7) is 0.487. The summed E-state index contributed by atoms with van der Waals surface area (Å²) in [4.78, 5) is 11.7. The fourth-order valence-electron chi connectivity index (χ4n) is 1.90. The second kappa shape index (κ2) is 7.37. The van der Waals surface area contributed by atoms with E-state index in [1.54, 1.807) is 12.1 Å². The summed E-state index contributed by atoms with van der Waals surface area (Å²) in [6, 6.07) is 19.5. The van der Waals surface area contributed by atoms with Crippen LogP contribution in [-0.2, 0) is 11.2 Å². The van der Waals surface area contributed by atoms with Gasteiger partial charge in [-0.05, 0) is 37.0 Å². The van der Waals surface area contributed by atoms with Crippen molar-refractivity contribution in [1.29, 1.82) is 0 Å². The minimum atomic E-state index is -0.236. The van der Waals surface area contributed by atoms with E-state index in [-0.39, 0.29) is 5.97 Å². The zero-order valence-corrected chi connectivity index (χ0v) is 10.9. The van der Waals surface area contributed by atoms with Crippen molar-refractivity contribution < 1.29 is 9.53 Å². The molecule has 2 aromatic rings. The van der Waals surface area contributed by atoms with Gasteiger partial charge in [-0.2, -0.15) is 0 Å². The molecule has 0 N–H and O–H groups in total. The summed E-state index contributed by atoms with van der Waals surface area (Å²) in [6.07, 6.45) is 2.96. The molecule has 0 radical (unpaired) electrons. The predicted octanol–water partition coefficient (Wildman–Crippen LogP) is 3.87. The van der Waals surface area contributed by atoms with Gasteiger partial charge in [0.2, 0.25) is 0 Å². The lowest BCUT2D eigenvalue weighted by Gasteiger charge is -2.05. The molecule has 2 rings (SSSR count). The van der Waals surface area contributed by atoms with Crippen LogP contribution < -0.4 is 0 Å². The third-order valence-electron chi connectivity index (χ3n) is 2.95. The number of ether oxygens (including phenoxy) is 1. The van der Waals surface area contributed by atoms with E-state index in [2.05, 4.69) is 12.1 Å². The first-order valence-electron chi connectivity index (χ1n) is 6.62. The van der Waals surface area contributed by atoms with E-state index in [4.69, 9.17) is 4.74 Å². The molecule has 0 atom stereocenters. The Balaban J connectivity index is 1.63. The third kappa shape index (κ3) is 4.59. The van der Waals surface area contributed by atoms with Crippen LogP contribution in [0.5, 0.6) is 0 Å². The molecule has 19 heavy (non-hydrogen) atoms. The van der Waals surface area contributed by atoms with Crippen molar-refractivity contribution in [3.8, 4) is 0 Å². The van der Waals surface area contributed by atoms with Gasteiger partial charge in [-0.15, -0.1) is 0 Å². The largest absolute Gasteiger partial charge is 0.462 e. The van der Waals surface area contributed by atoms with E-state index >= 15 is 0 Å². The standard InChI is InChI=1S/C17H18O2/c18-17(16-12-5-2-6-13-16)19-14-8-7-11-15-9-3-1-4-10-15/h1-6,9-10,12-13H,7-8,11,14H2. The highest BCUT2D eigenvalue weighted by atomic mass is 16.5. The number of unbranched alkanes of at least 4 members (excludes halogenated alkanes) is 1. The van der Waals surface area contributed by atoms with Gasteiger partial charge >= 0.3 is 5.97 Å². The van der Waals surface area contributed by atoms with E-state index in [9.17, 15) is 4.79 Å². The fraction of sp³-hybridized carbons (Fsp3) is 0.235. The normalized spacial score (nSPS) is 10.1. The van der Waals surface area contributed by atoms with Gasteiger partial charge in [0.05, 0.1) is 12.2 Å². The number of esters is 1. The second-order valence-electron chi connectivity index (χ2n) is 4.44. The van der Waals surface area contributed by atoms with Crippen LogP contribution in [0.25, 0.3) is 0 Å². The van der Waals surface area contributed by atoms with Crippen molar-refractivity contribution in [1.82, 2.24) is 0 Å². The average molecular weight is 254 g/mol. The SMILES string of the molecule is O=C(OCCCCc1ccccc1)c1ccccc1. The lowest BCUT2D eigenvalue weighted by Crippen LogP contribution is -2.06. The summed E-state index contributed by atoms with van der Waals surface area (Å²) >= 11 is 0. The lowest BCUT2D eigenvalue weighted by molar-refractivity contribution is 0.0498. The number of aryl methyl sites for hydroxylation is 1. The maximum absolute atomic E-state index is 11.7. The van der Waals surface area contributed by atoms with Crippen molar-refractivity contribution in [3.63, 3.8) is 0 Å². The number of hydrogen-bond donors (Lipinski definition) is 0. The molecule has 0 saturated heterocycles. The Bertz CT molecular complexity index is 491. The van der Waals surface area contributed by atoms with E-state index < -0.39 is 0 Å². The van der Waals surface area contributed by atoms with Crippen LogP contribution in [0, 0.1) is 0 Å². The quantitative estimate of drug-likeness (QED) is 0.578. The first-order valence-corrected chi connectivity index (χ1v) is 6.62. The van der Waals surface area contributed by atoms with E-state index in [0.717, 1.165) is 19.3 Å². The maximum atomic E-state index is 11.7. The first-order chi connectivity index (χ1) is 9.36. The smallest absolute Gasteiger partial charge is 0.338 e. The molecule has 0 bridgehead atoms. The van der Waals surface area contributed by atoms with Crippen molar-refractivity contribution in [2.75, 3.05) is 6.61 Å². The Hall–Kier alpha value is -2.09. The Morgan fingerprint density at radius 2 is 1.47 bits per heavy atom. The van der Waals surface area contributed by atoms with Crippen LogP contribution in [-0.4, -0.2) is 12.6 Å². The molecule has 0 fully saturated rings. The van der Waals surface area contributed by atoms with Crippen LogP contribution in [0.2, 0.25) is 0 Å². The molecule has 0 aliphatic heterocycles. The molecular formula is C17H18O2. The van der Waals surface area contributed by atoms with Gasteiger partial charge in [0.15, 0.2) is 0 Å². The highest BCUT2D eigenvalue weighted by Crippen LogP contribution is 2.06. The second-order valence-corrected chi connectivity index (χ2v) is 4.44. The Labute approximate surface area is 114 Å². The molecule has 98 valence electrons. The fourth-order valence-corrected chi connectivity index (χ4v) is 1.90. The number of carbonyl (C=O) groups excluding carboxylic acids is 1. The molecule has 2 aromatic carbocycles. The summed E-state index contributed by atoms with van der Waals surface area (Å²) in [5.41, 5.74) is 1.95. The van der Waals surface area contributed by atoms with E-state index in [1.165, 1.54) is 5.56 Å². The molecule has 2 heteroatoms. The summed E-state index contributed by atoms with van der Waals surface area (Å²) < 4.78 is 5.23.